The summed E-state index contributed by atoms with van der Waals surface area (Å²) in [5, 5.41) is 19.4. The second-order valence-electron chi connectivity index (χ2n) is 9.47. The Labute approximate surface area is 149 Å². The minimum atomic E-state index is 0.236. The maximum absolute atomic E-state index is 9.72. The van der Waals surface area contributed by atoms with E-state index in [1.165, 1.54) is 49.7 Å². The molecule has 0 saturated heterocycles. The molecular weight excluding hydrogens is 308 g/mol. The van der Waals surface area contributed by atoms with Gasteiger partial charge in [0.25, 0.3) is 0 Å². The van der Waals surface area contributed by atoms with Crippen molar-refractivity contribution in [3.05, 3.63) is 59.7 Å². The van der Waals surface area contributed by atoms with Crippen molar-refractivity contribution in [3.8, 4) is 11.5 Å². The van der Waals surface area contributed by atoms with Gasteiger partial charge >= 0.3 is 0 Å². The molecule has 2 unspecified atom stereocenters. The largest absolute Gasteiger partial charge is 0.508 e. The van der Waals surface area contributed by atoms with E-state index in [-0.39, 0.29) is 10.8 Å². The molecule has 0 amide bonds. The van der Waals surface area contributed by atoms with Gasteiger partial charge in [0.2, 0.25) is 0 Å². The summed E-state index contributed by atoms with van der Waals surface area (Å²) in [6, 6.07) is 16.0. The summed E-state index contributed by atoms with van der Waals surface area (Å²) in [6.45, 7) is 2.49. The number of hydrogen-bond donors (Lipinski definition) is 2. The zero-order valence-corrected chi connectivity index (χ0v) is 14.8. The fraction of sp³-hybridized carbons (Fsp3) is 0.478. The fourth-order valence-electron chi connectivity index (χ4n) is 7.19. The lowest BCUT2D eigenvalue weighted by Crippen LogP contribution is -2.59. The number of phenolic OH excluding ortho intramolecular Hbond substituents is 2. The van der Waals surface area contributed by atoms with E-state index in [4.69, 9.17) is 0 Å². The van der Waals surface area contributed by atoms with Crippen LogP contribution in [0, 0.1) is 11.3 Å². The molecule has 2 heteroatoms. The first-order chi connectivity index (χ1) is 11.9. The molecule has 2 N–H and O–H groups in total. The Morgan fingerprint density at radius 2 is 1.12 bits per heavy atom. The molecule has 2 nitrogen and oxygen atoms in total. The summed E-state index contributed by atoms with van der Waals surface area (Å²) < 4.78 is 0. The van der Waals surface area contributed by atoms with Crippen molar-refractivity contribution in [1.82, 2.24) is 0 Å². The molecule has 4 fully saturated rings. The number of benzene rings is 2. The van der Waals surface area contributed by atoms with Crippen LogP contribution >= 0.6 is 0 Å². The summed E-state index contributed by atoms with van der Waals surface area (Å²) >= 11 is 0. The normalized spacial score (nSPS) is 38.8. The lowest BCUT2D eigenvalue weighted by atomic mass is 9.38. The van der Waals surface area contributed by atoms with Gasteiger partial charge in [0.15, 0.2) is 0 Å². The van der Waals surface area contributed by atoms with Gasteiger partial charge < -0.3 is 10.2 Å². The lowest BCUT2D eigenvalue weighted by molar-refractivity contribution is -0.0807. The number of hydrogen-bond acceptors (Lipinski definition) is 2. The Kier molecular flexibility index (Phi) is 2.94. The monoisotopic (exact) mass is 334 g/mol. The molecule has 4 aliphatic carbocycles. The number of phenols is 2. The van der Waals surface area contributed by atoms with Crippen molar-refractivity contribution in [2.24, 2.45) is 11.3 Å². The highest BCUT2D eigenvalue weighted by atomic mass is 16.3. The SMILES string of the molecule is CC12CC3CC(c4ccc(O)cc4)(C1)CC(c1ccc(O)cc1)(C3)C2. The number of rotatable bonds is 2. The van der Waals surface area contributed by atoms with E-state index in [0.717, 1.165) is 5.92 Å². The summed E-state index contributed by atoms with van der Waals surface area (Å²) in [4.78, 5) is 0. The van der Waals surface area contributed by atoms with Crippen LogP contribution < -0.4 is 0 Å². The smallest absolute Gasteiger partial charge is 0.115 e. The zero-order valence-electron chi connectivity index (χ0n) is 14.8. The average Bonchev–Trinajstić information content (AvgIpc) is 2.53. The molecule has 0 spiro atoms. The summed E-state index contributed by atoms with van der Waals surface area (Å²) in [5.41, 5.74) is 3.68. The molecule has 4 bridgehead atoms. The van der Waals surface area contributed by atoms with Crippen molar-refractivity contribution in [3.63, 3.8) is 0 Å². The highest BCUT2D eigenvalue weighted by Gasteiger charge is 2.62. The molecule has 130 valence electrons. The highest BCUT2D eigenvalue weighted by molar-refractivity contribution is 5.41. The second-order valence-corrected chi connectivity index (χ2v) is 9.47. The number of aromatic hydroxyl groups is 2. The minimum absolute atomic E-state index is 0.236. The molecule has 2 atom stereocenters. The van der Waals surface area contributed by atoms with Crippen molar-refractivity contribution >= 4 is 0 Å². The van der Waals surface area contributed by atoms with Crippen LogP contribution in [0.2, 0.25) is 0 Å². The van der Waals surface area contributed by atoms with Gasteiger partial charge in [-0.1, -0.05) is 31.2 Å². The van der Waals surface area contributed by atoms with Crippen LogP contribution in [0.4, 0.5) is 0 Å². The molecule has 25 heavy (non-hydrogen) atoms. The lowest BCUT2D eigenvalue weighted by Gasteiger charge is -2.66. The minimum Gasteiger partial charge on any atom is -0.508 e. The van der Waals surface area contributed by atoms with E-state index in [2.05, 4.69) is 31.2 Å². The third-order valence-corrected chi connectivity index (χ3v) is 7.31. The van der Waals surface area contributed by atoms with Gasteiger partial charge in [-0.3, -0.25) is 0 Å². The van der Waals surface area contributed by atoms with Gasteiger partial charge in [-0.15, -0.1) is 0 Å². The van der Waals surface area contributed by atoms with Gasteiger partial charge in [0.1, 0.15) is 11.5 Å². The van der Waals surface area contributed by atoms with E-state index in [1.807, 2.05) is 24.3 Å². The van der Waals surface area contributed by atoms with Crippen LogP contribution in [0.1, 0.15) is 56.6 Å². The fourth-order valence-corrected chi connectivity index (χ4v) is 7.19. The van der Waals surface area contributed by atoms with Crippen LogP contribution in [0.5, 0.6) is 11.5 Å². The highest BCUT2D eigenvalue weighted by Crippen LogP contribution is 2.70. The van der Waals surface area contributed by atoms with E-state index in [0.29, 0.717) is 16.9 Å². The Morgan fingerprint density at radius 3 is 1.52 bits per heavy atom. The van der Waals surface area contributed by atoms with Crippen LogP contribution in [-0.2, 0) is 10.8 Å². The first-order valence-corrected chi connectivity index (χ1v) is 9.50. The maximum Gasteiger partial charge on any atom is 0.115 e. The predicted molar refractivity (Wildman–Crippen MR) is 98.9 cm³/mol. The first kappa shape index (κ1) is 15.3. The predicted octanol–water partition coefficient (Wildman–Crippen LogP) is 5.28. The Hall–Kier alpha value is -1.96. The van der Waals surface area contributed by atoms with Crippen molar-refractivity contribution in [1.29, 1.82) is 0 Å². The van der Waals surface area contributed by atoms with Crippen LogP contribution in [0.15, 0.2) is 48.5 Å². The molecular formula is C23H26O2. The molecule has 2 aromatic carbocycles. The van der Waals surface area contributed by atoms with Crippen molar-refractivity contribution < 1.29 is 10.2 Å². The van der Waals surface area contributed by atoms with Crippen LogP contribution in [-0.4, -0.2) is 10.2 Å². The summed E-state index contributed by atoms with van der Waals surface area (Å²) in [6.07, 6.45) is 7.65. The van der Waals surface area contributed by atoms with Gasteiger partial charge in [-0.2, -0.15) is 0 Å². The molecule has 4 saturated carbocycles. The Balaban J connectivity index is 1.63. The van der Waals surface area contributed by atoms with Crippen molar-refractivity contribution in [2.75, 3.05) is 0 Å². The van der Waals surface area contributed by atoms with E-state index in [1.54, 1.807) is 0 Å². The topological polar surface area (TPSA) is 40.5 Å². The van der Waals surface area contributed by atoms with E-state index >= 15 is 0 Å². The molecule has 0 radical (unpaired) electrons. The molecule has 6 rings (SSSR count). The molecule has 0 heterocycles. The third kappa shape index (κ3) is 2.23. The second kappa shape index (κ2) is 4.81. The van der Waals surface area contributed by atoms with Gasteiger partial charge in [0, 0.05) is 0 Å². The molecule has 0 aliphatic heterocycles. The van der Waals surface area contributed by atoms with Crippen molar-refractivity contribution in [2.45, 2.75) is 56.3 Å². The van der Waals surface area contributed by atoms with Crippen LogP contribution in [0.3, 0.4) is 0 Å². The quantitative estimate of drug-likeness (QED) is 0.784. The van der Waals surface area contributed by atoms with E-state index in [9.17, 15) is 10.2 Å². The first-order valence-electron chi connectivity index (χ1n) is 9.50. The zero-order chi connectivity index (χ0) is 17.3. The van der Waals surface area contributed by atoms with Gasteiger partial charge in [-0.25, -0.2) is 0 Å². The maximum atomic E-state index is 9.72. The van der Waals surface area contributed by atoms with Gasteiger partial charge in [-0.05, 0) is 96.1 Å². The molecule has 2 aromatic rings. The summed E-state index contributed by atoms with van der Waals surface area (Å²) in [5.74, 6) is 1.49. The van der Waals surface area contributed by atoms with E-state index < -0.39 is 0 Å². The summed E-state index contributed by atoms with van der Waals surface area (Å²) in [7, 11) is 0. The standard InChI is InChI=1S/C23H26O2/c1-21-10-16-11-22(13-21,17-2-6-19(24)7-3-17)15-23(12-16,14-21)18-4-8-20(25)9-5-18/h2-9,16,24-25H,10-15H2,1H3. The Bertz CT molecular complexity index is 743. The average molecular weight is 334 g/mol. The van der Waals surface area contributed by atoms with Crippen LogP contribution in [0.25, 0.3) is 0 Å². The third-order valence-electron chi connectivity index (χ3n) is 7.31. The molecule has 4 aliphatic rings. The Morgan fingerprint density at radius 1 is 0.680 bits per heavy atom. The molecule has 0 aromatic heterocycles. The van der Waals surface area contributed by atoms with Gasteiger partial charge in [0.05, 0.1) is 0 Å².